The molecule has 2 heterocycles. The van der Waals surface area contributed by atoms with Crippen LogP contribution < -0.4 is 9.30 Å². The normalized spacial score (nSPS) is 10.6. The summed E-state index contributed by atoms with van der Waals surface area (Å²) in [5, 5.41) is 2.05. The lowest BCUT2D eigenvalue weighted by Crippen LogP contribution is -2.26. The Balaban J connectivity index is 1.99. The molecule has 0 N–H and O–H groups in total. The van der Waals surface area contributed by atoms with E-state index in [0.717, 1.165) is 27.8 Å². The van der Waals surface area contributed by atoms with Gasteiger partial charge in [0.15, 0.2) is 0 Å². The summed E-state index contributed by atoms with van der Waals surface area (Å²) >= 11 is 1.67. The molecule has 0 spiro atoms. The van der Waals surface area contributed by atoms with E-state index >= 15 is 0 Å². The molecule has 0 bridgehead atoms. The van der Waals surface area contributed by atoms with E-state index in [1.165, 1.54) is 0 Å². The van der Waals surface area contributed by atoms with Crippen LogP contribution in [0.5, 0.6) is 5.75 Å². The molecular formula is C15H14NO2S+. The summed E-state index contributed by atoms with van der Waals surface area (Å²) in [5.41, 5.74) is 1.04. The lowest BCUT2D eigenvalue weighted by Gasteiger charge is -1.98. The fraction of sp³-hybridized carbons (Fsp3) is 0.133. The zero-order valence-electron chi connectivity index (χ0n) is 10.8. The first kappa shape index (κ1) is 12.0. The zero-order chi connectivity index (χ0) is 13.2. The van der Waals surface area contributed by atoms with Crippen molar-refractivity contribution in [2.75, 3.05) is 7.11 Å². The van der Waals surface area contributed by atoms with Crippen molar-refractivity contribution in [1.29, 1.82) is 0 Å². The molecule has 0 aliphatic rings. The molecule has 0 unspecified atom stereocenters. The molecule has 3 rings (SSSR count). The van der Waals surface area contributed by atoms with Crippen LogP contribution in [0.1, 0.15) is 0 Å². The summed E-state index contributed by atoms with van der Waals surface area (Å²) < 4.78 is 13.1. The molecule has 3 nitrogen and oxygen atoms in total. The highest BCUT2D eigenvalue weighted by molar-refractivity contribution is 7.13. The number of aromatic nitrogens is 1. The van der Waals surface area contributed by atoms with Crippen molar-refractivity contribution in [2.45, 2.75) is 0 Å². The molecule has 0 saturated carbocycles. The molecule has 0 aliphatic heterocycles. The highest BCUT2D eigenvalue weighted by Crippen LogP contribution is 2.28. The van der Waals surface area contributed by atoms with Crippen molar-refractivity contribution >= 4 is 11.3 Å². The number of ether oxygens (including phenoxy) is 1. The topological polar surface area (TPSA) is 26.2 Å². The summed E-state index contributed by atoms with van der Waals surface area (Å²) in [6.45, 7) is 0. The van der Waals surface area contributed by atoms with Gasteiger partial charge in [-0.2, -0.15) is 4.57 Å². The summed E-state index contributed by atoms with van der Waals surface area (Å²) in [4.78, 5) is 1.13. The second-order valence-corrected chi connectivity index (χ2v) is 5.16. The smallest absolute Gasteiger partial charge is 0.391 e. The van der Waals surface area contributed by atoms with Crippen molar-refractivity contribution in [3.05, 3.63) is 48.0 Å². The van der Waals surface area contributed by atoms with Gasteiger partial charge in [-0.25, -0.2) is 0 Å². The Bertz CT molecular complexity index is 669. The molecule has 19 heavy (non-hydrogen) atoms. The number of oxazole rings is 1. The minimum Gasteiger partial charge on any atom is -0.497 e. The van der Waals surface area contributed by atoms with E-state index in [1.54, 1.807) is 18.4 Å². The maximum Gasteiger partial charge on any atom is 0.391 e. The third-order valence-electron chi connectivity index (χ3n) is 2.94. The Morgan fingerprint density at radius 2 is 1.95 bits per heavy atom. The van der Waals surface area contributed by atoms with Gasteiger partial charge in [0.25, 0.3) is 0 Å². The highest BCUT2D eigenvalue weighted by atomic mass is 32.1. The van der Waals surface area contributed by atoms with Crippen molar-refractivity contribution in [2.24, 2.45) is 7.05 Å². The van der Waals surface area contributed by atoms with Gasteiger partial charge < -0.3 is 9.15 Å². The quantitative estimate of drug-likeness (QED) is 0.682. The molecular weight excluding hydrogens is 258 g/mol. The third-order valence-corrected chi connectivity index (χ3v) is 3.80. The molecule has 0 radical (unpaired) electrons. The van der Waals surface area contributed by atoms with E-state index in [4.69, 9.17) is 9.15 Å². The fourth-order valence-electron chi connectivity index (χ4n) is 1.95. The molecule has 3 aromatic rings. The zero-order valence-corrected chi connectivity index (χ0v) is 11.6. The number of hydrogen-bond donors (Lipinski definition) is 0. The van der Waals surface area contributed by atoms with E-state index < -0.39 is 0 Å². The van der Waals surface area contributed by atoms with Gasteiger partial charge in [-0.1, -0.05) is 6.07 Å². The van der Waals surface area contributed by atoms with E-state index in [9.17, 15) is 0 Å². The number of thiophene rings is 1. The first-order valence-corrected chi connectivity index (χ1v) is 6.83. The number of rotatable bonds is 3. The van der Waals surface area contributed by atoms with Gasteiger partial charge in [0, 0.05) is 5.56 Å². The first-order valence-electron chi connectivity index (χ1n) is 5.95. The van der Waals surface area contributed by atoms with Crippen molar-refractivity contribution in [1.82, 2.24) is 0 Å². The molecule has 0 saturated heterocycles. The minimum atomic E-state index is 0.846. The summed E-state index contributed by atoms with van der Waals surface area (Å²) in [6, 6.07) is 11.9. The minimum absolute atomic E-state index is 0.846. The molecule has 4 heteroatoms. The predicted molar refractivity (Wildman–Crippen MR) is 75.2 cm³/mol. The average molecular weight is 272 g/mol. The molecule has 2 aromatic heterocycles. The number of benzene rings is 1. The van der Waals surface area contributed by atoms with Crippen molar-refractivity contribution in [3.8, 4) is 27.8 Å². The van der Waals surface area contributed by atoms with E-state index in [2.05, 4.69) is 6.07 Å². The van der Waals surface area contributed by atoms with Gasteiger partial charge in [-0.15, -0.1) is 11.3 Å². The molecule has 96 valence electrons. The monoisotopic (exact) mass is 272 g/mol. The molecule has 1 aromatic carbocycles. The van der Waals surface area contributed by atoms with Gasteiger partial charge in [0.2, 0.25) is 12.0 Å². The molecule has 0 amide bonds. The second-order valence-electron chi connectivity index (χ2n) is 4.22. The Kier molecular flexibility index (Phi) is 3.09. The lowest BCUT2D eigenvalue weighted by molar-refractivity contribution is -0.662. The molecule has 0 fully saturated rings. The van der Waals surface area contributed by atoms with Gasteiger partial charge in [-0.3, -0.25) is 0 Å². The van der Waals surface area contributed by atoms with Crippen LogP contribution in [0.15, 0.2) is 52.4 Å². The maximum absolute atomic E-state index is 5.95. The Hall–Kier alpha value is -2.07. The number of nitrogens with zero attached hydrogens (tertiary/aromatic N) is 1. The van der Waals surface area contributed by atoms with Crippen molar-refractivity contribution < 1.29 is 13.7 Å². The van der Waals surface area contributed by atoms with Crippen LogP contribution in [0, 0.1) is 0 Å². The van der Waals surface area contributed by atoms with E-state index in [-0.39, 0.29) is 0 Å². The summed E-state index contributed by atoms with van der Waals surface area (Å²) in [5.74, 6) is 2.58. The van der Waals surface area contributed by atoms with Gasteiger partial charge in [-0.05, 0) is 35.7 Å². The van der Waals surface area contributed by atoms with Gasteiger partial charge in [0.05, 0.1) is 7.11 Å². The fourth-order valence-corrected chi connectivity index (χ4v) is 2.70. The molecule has 0 aliphatic carbocycles. The summed E-state index contributed by atoms with van der Waals surface area (Å²) in [7, 11) is 3.66. The van der Waals surface area contributed by atoms with E-state index in [0.29, 0.717) is 0 Å². The Morgan fingerprint density at radius 1 is 1.16 bits per heavy atom. The maximum atomic E-state index is 5.95. The van der Waals surface area contributed by atoms with Gasteiger partial charge >= 0.3 is 5.89 Å². The van der Waals surface area contributed by atoms with Crippen LogP contribution in [0.3, 0.4) is 0 Å². The van der Waals surface area contributed by atoms with Gasteiger partial charge in [0.1, 0.15) is 17.7 Å². The largest absolute Gasteiger partial charge is 0.497 e. The average Bonchev–Trinajstić information content (AvgIpc) is 3.08. The molecule has 0 atom stereocenters. The van der Waals surface area contributed by atoms with Crippen LogP contribution in [0.2, 0.25) is 0 Å². The first-order chi connectivity index (χ1) is 9.28. The number of hydrogen-bond acceptors (Lipinski definition) is 3. The van der Waals surface area contributed by atoms with Crippen LogP contribution in [-0.2, 0) is 7.05 Å². The highest BCUT2D eigenvalue weighted by Gasteiger charge is 2.19. The number of methoxy groups -OCH3 is 1. The Labute approximate surface area is 115 Å². The van der Waals surface area contributed by atoms with Crippen LogP contribution >= 0.6 is 11.3 Å². The summed E-state index contributed by atoms with van der Waals surface area (Å²) in [6.07, 6.45) is 2.00. The predicted octanol–water partition coefficient (Wildman–Crippen LogP) is 3.51. The number of aryl methyl sites for hydroxylation is 1. The SMILES string of the molecule is COc1ccc(-c2c[n+](C)c(-c3cccs3)o2)cc1. The van der Waals surface area contributed by atoms with E-state index in [1.807, 2.05) is 53.5 Å². The van der Waals surface area contributed by atoms with Crippen LogP contribution in [-0.4, -0.2) is 7.11 Å². The third kappa shape index (κ3) is 2.27. The van der Waals surface area contributed by atoms with Crippen LogP contribution in [0.25, 0.3) is 22.1 Å². The van der Waals surface area contributed by atoms with Crippen molar-refractivity contribution in [3.63, 3.8) is 0 Å². The Morgan fingerprint density at radius 3 is 2.58 bits per heavy atom. The van der Waals surface area contributed by atoms with Crippen LogP contribution in [0.4, 0.5) is 0 Å². The lowest BCUT2D eigenvalue weighted by atomic mass is 10.2. The standard InChI is InChI=1S/C15H14NO2S/c1-16-10-13(11-5-7-12(17-2)8-6-11)18-15(16)14-4-3-9-19-14/h3-10H,1-2H3/q+1. The second kappa shape index (κ2) is 4.90.